The number of carboxylic acid groups (broad SMARTS) is 1. The molecular weight excluding hydrogens is 248 g/mol. The molecule has 0 aliphatic carbocycles. The molecule has 1 aromatic heterocycles. The Kier molecular flexibility index (Phi) is 3.41. The Hall–Kier alpha value is -1.64. The molecule has 9 heteroatoms. The highest BCUT2D eigenvalue weighted by Gasteiger charge is 2.29. The summed E-state index contributed by atoms with van der Waals surface area (Å²) in [5.41, 5.74) is 5.56. The van der Waals surface area contributed by atoms with Crippen LogP contribution >= 0.6 is 0 Å². The standard InChI is InChI=1S/C8H14N4O4S/c1-4(2)17(15,16)7-6(9)12(11-10-7)5(3)8(13)14/h4-5H,9H2,1-3H3,(H,13,14). The summed E-state index contributed by atoms with van der Waals surface area (Å²) in [6, 6.07) is -1.07. The van der Waals surface area contributed by atoms with E-state index in [2.05, 4.69) is 10.3 Å². The molecule has 1 rings (SSSR count). The molecule has 96 valence electrons. The lowest BCUT2D eigenvalue weighted by Crippen LogP contribution is -2.20. The maximum Gasteiger partial charge on any atom is 0.328 e. The van der Waals surface area contributed by atoms with Crippen LogP contribution in [0.5, 0.6) is 0 Å². The van der Waals surface area contributed by atoms with Crippen LogP contribution in [0.3, 0.4) is 0 Å². The van der Waals surface area contributed by atoms with Gasteiger partial charge in [-0.15, -0.1) is 5.10 Å². The molecule has 0 spiro atoms. The second-order valence-corrected chi connectivity index (χ2v) is 6.25. The van der Waals surface area contributed by atoms with E-state index < -0.39 is 27.1 Å². The van der Waals surface area contributed by atoms with Crippen LogP contribution in [-0.2, 0) is 14.6 Å². The number of aliphatic carboxylic acids is 1. The van der Waals surface area contributed by atoms with Crippen molar-refractivity contribution in [2.24, 2.45) is 0 Å². The fourth-order valence-electron chi connectivity index (χ4n) is 1.10. The van der Waals surface area contributed by atoms with E-state index in [1.54, 1.807) is 0 Å². The average molecular weight is 262 g/mol. The number of hydrogen-bond donors (Lipinski definition) is 2. The summed E-state index contributed by atoms with van der Waals surface area (Å²) in [6.45, 7) is 4.29. The number of nitrogen functional groups attached to an aromatic ring is 1. The van der Waals surface area contributed by atoms with Crippen molar-refractivity contribution >= 4 is 21.6 Å². The quantitative estimate of drug-likeness (QED) is 0.761. The summed E-state index contributed by atoms with van der Waals surface area (Å²) in [6.07, 6.45) is 0. The van der Waals surface area contributed by atoms with Gasteiger partial charge in [0.05, 0.1) is 5.25 Å². The smallest absolute Gasteiger partial charge is 0.328 e. The Morgan fingerprint density at radius 2 is 1.94 bits per heavy atom. The molecule has 17 heavy (non-hydrogen) atoms. The summed E-state index contributed by atoms with van der Waals surface area (Å²) in [4.78, 5) is 10.8. The molecule has 0 aliphatic heterocycles. The molecule has 0 saturated heterocycles. The number of aromatic nitrogens is 3. The zero-order valence-electron chi connectivity index (χ0n) is 9.65. The van der Waals surface area contributed by atoms with E-state index in [-0.39, 0.29) is 10.8 Å². The molecule has 1 heterocycles. The van der Waals surface area contributed by atoms with Crippen molar-refractivity contribution in [2.75, 3.05) is 5.73 Å². The SMILES string of the molecule is CC(C(=O)O)n1nnc(S(=O)(=O)C(C)C)c1N. The summed E-state index contributed by atoms with van der Waals surface area (Å²) >= 11 is 0. The highest BCUT2D eigenvalue weighted by molar-refractivity contribution is 7.92. The molecule has 0 aliphatic rings. The second-order valence-electron chi connectivity index (χ2n) is 3.83. The Bertz CT molecular complexity index is 534. The molecule has 1 unspecified atom stereocenters. The van der Waals surface area contributed by atoms with Gasteiger partial charge >= 0.3 is 5.97 Å². The van der Waals surface area contributed by atoms with Crippen LogP contribution in [0.25, 0.3) is 0 Å². The van der Waals surface area contributed by atoms with Crippen LogP contribution in [0.2, 0.25) is 0 Å². The zero-order chi connectivity index (χ0) is 13.4. The van der Waals surface area contributed by atoms with Crippen molar-refractivity contribution in [2.45, 2.75) is 37.1 Å². The lowest BCUT2D eigenvalue weighted by atomic mass is 10.3. The Morgan fingerprint density at radius 1 is 1.41 bits per heavy atom. The third-order valence-corrected chi connectivity index (χ3v) is 4.38. The third kappa shape index (κ3) is 2.23. The number of sulfone groups is 1. The molecule has 3 N–H and O–H groups in total. The molecular formula is C8H14N4O4S. The van der Waals surface area contributed by atoms with Crippen LogP contribution in [0.15, 0.2) is 5.03 Å². The number of carboxylic acids is 1. The van der Waals surface area contributed by atoms with Crippen molar-refractivity contribution in [3.05, 3.63) is 0 Å². The lowest BCUT2D eigenvalue weighted by molar-refractivity contribution is -0.140. The van der Waals surface area contributed by atoms with Gasteiger partial charge in [-0.2, -0.15) is 0 Å². The van der Waals surface area contributed by atoms with Crippen molar-refractivity contribution < 1.29 is 18.3 Å². The highest BCUT2D eigenvalue weighted by atomic mass is 32.2. The first-order valence-electron chi connectivity index (χ1n) is 4.87. The first kappa shape index (κ1) is 13.4. The fraction of sp³-hybridized carbons (Fsp3) is 0.625. The Balaban J connectivity index is 3.30. The number of nitrogens with two attached hydrogens (primary N) is 1. The van der Waals surface area contributed by atoms with E-state index >= 15 is 0 Å². The van der Waals surface area contributed by atoms with Crippen LogP contribution in [0.1, 0.15) is 26.8 Å². The van der Waals surface area contributed by atoms with Gasteiger partial charge in [-0.05, 0) is 20.8 Å². The molecule has 0 radical (unpaired) electrons. The van der Waals surface area contributed by atoms with Gasteiger partial charge in [0.2, 0.25) is 14.9 Å². The van der Waals surface area contributed by atoms with Gasteiger partial charge in [-0.3, -0.25) is 0 Å². The molecule has 1 atom stereocenters. The minimum absolute atomic E-state index is 0.256. The van der Waals surface area contributed by atoms with Crippen LogP contribution < -0.4 is 5.73 Å². The number of nitrogens with zero attached hydrogens (tertiary/aromatic N) is 3. The summed E-state index contributed by atoms with van der Waals surface area (Å²) in [7, 11) is -3.66. The van der Waals surface area contributed by atoms with Crippen LogP contribution in [0.4, 0.5) is 5.82 Å². The Morgan fingerprint density at radius 3 is 2.35 bits per heavy atom. The number of anilines is 1. The van der Waals surface area contributed by atoms with Gasteiger partial charge in [0, 0.05) is 0 Å². The topological polar surface area (TPSA) is 128 Å². The molecule has 0 saturated carbocycles. The highest BCUT2D eigenvalue weighted by Crippen LogP contribution is 2.22. The molecule has 8 nitrogen and oxygen atoms in total. The fourth-order valence-corrected chi connectivity index (χ4v) is 2.08. The van der Waals surface area contributed by atoms with E-state index in [9.17, 15) is 13.2 Å². The normalized spacial score (nSPS) is 13.9. The van der Waals surface area contributed by atoms with E-state index in [0.29, 0.717) is 0 Å². The summed E-state index contributed by atoms with van der Waals surface area (Å²) in [5, 5.41) is 14.6. The molecule has 0 amide bonds. The number of rotatable bonds is 4. The Labute approximate surface area is 98.3 Å². The number of hydrogen-bond acceptors (Lipinski definition) is 6. The molecule has 0 fully saturated rings. The maximum atomic E-state index is 11.8. The largest absolute Gasteiger partial charge is 0.480 e. The van der Waals surface area contributed by atoms with Gasteiger partial charge in [0.1, 0.15) is 0 Å². The van der Waals surface area contributed by atoms with Crippen molar-refractivity contribution in [3.8, 4) is 0 Å². The first-order chi connectivity index (χ1) is 7.69. The summed E-state index contributed by atoms with van der Waals surface area (Å²) in [5.74, 6) is -1.43. The first-order valence-corrected chi connectivity index (χ1v) is 6.41. The monoisotopic (exact) mass is 262 g/mol. The molecule has 0 bridgehead atoms. The second kappa shape index (κ2) is 4.32. The van der Waals surface area contributed by atoms with Gasteiger partial charge in [0.15, 0.2) is 11.9 Å². The van der Waals surface area contributed by atoms with Crippen molar-refractivity contribution in [1.82, 2.24) is 15.0 Å². The van der Waals surface area contributed by atoms with Crippen molar-refractivity contribution in [3.63, 3.8) is 0 Å². The number of carbonyl (C=O) groups is 1. The zero-order valence-corrected chi connectivity index (χ0v) is 10.5. The van der Waals surface area contributed by atoms with Gasteiger partial charge in [-0.1, -0.05) is 5.21 Å². The minimum Gasteiger partial charge on any atom is -0.480 e. The van der Waals surface area contributed by atoms with E-state index in [1.165, 1.54) is 20.8 Å². The van der Waals surface area contributed by atoms with Crippen LogP contribution in [-0.4, -0.2) is 39.7 Å². The average Bonchev–Trinajstić information content (AvgIpc) is 2.59. The predicted molar refractivity (Wildman–Crippen MR) is 59.1 cm³/mol. The van der Waals surface area contributed by atoms with Gasteiger partial charge < -0.3 is 10.8 Å². The summed E-state index contributed by atoms with van der Waals surface area (Å²) < 4.78 is 24.5. The van der Waals surface area contributed by atoms with Gasteiger partial charge in [0.25, 0.3) is 0 Å². The van der Waals surface area contributed by atoms with E-state index in [4.69, 9.17) is 10.8 Å². The predicted octanol–water partition coefficient (Wildman–Crippen LogP) is -0.312. The van der Waals surface area contributed by atoms with Crippen LogP contribution in [0, 0.1) is 0 Å². The van der Waals surface area contributed by atoms with Crippen molar-refractivity contribution in [1.29, 1.82) is 0 Å². The van der Waals surface area contributed by atoms with E-state index in [1.807, 2.05) is 0 Å². The van der Waals surface area contributed by atoms with E-state index in [0.717, 1.165) is 4.68 Å². The van der Waals surface area contributed by atoms with Gasteiger partial charge in [-0.25, -0.2) is 17.9 Å². The maximum absolute atomic E-state index is 11.8. The molecule has 0 aromatic carbocycles. The lowest BCUT2D eigenvalue weighted by Gasteiger charge is -2.08. The third-order valence-electron chi connectivity index (χ3n) is 2.31. The minimum atomic E-state index is -3.66. The molecule has 1 aromatic rings.